The average molecular weight is 338 g/mol. The number of ether oxygens (including phenoxy) is 1. The summed E-state index contributed by atoms with van der Waals surface area (Å²) in [4.78, 5) is 2.61. The maximum Gasteiger partial charge on any atom is 0.118 e. The fourth-order valence-electron chi connectivity index (χ4n) is 3.51. The molecule has 1 heterocycles. The van der Waals surface area contributed by atoms with Crippen LogP contribution in [0.25, 0.3) is 0 Å². The van der Waals surface area contributed by atoms with Gasteiger partial charge in [0.1, 0.15) is 5.75 Å². The fraction of sp³-hybridized carbons (Fsp3) is 0.455. The number of piperidine rings is 1. The Hall–Kier alpha value is -1.84. The van der Waals surface area contributed by atoms with E-state index in [0.29, 0.717) is 6.04 Å². The number of nitrogens with zero attached hydrogens (tertiary/aromatic N) is 1. The molecule has 0 aliphatic carbocycles. The lowest BCUT2D eigenvalue weighted by Crippen LogP contribution is -2.43. The molecule has 1 saturated heterocycles. The summed E-state index contributed by atoms with van der Waals surface area (Å²) in [7, 11) is 1.71. The highest BCUT2D eigenvalue weighted by molar-refractivity contribution is 5.27. The Balaban J connectivity index is 1.31. The summed E-state index contributed by atoms with van der Waals surface area (Å²) in [6.45, 7) is 4.67. The second-order valence-electron chi connectivity index (χ2n) is 6.90. The smallest absolute Gasteiger partial charge is 0.118 e. The van der Waals surface area contributed by atoms with Crippen LogP contribution >= 0.6 is 0 Å². The van der Waals surface area contributed by atoms with Crippen LogP contribution in [0.3, 0.4) is 0 Å². The third-order valence-electron chi connectivity index (χ3n) is 5.15. The lowest BCUT2D eigenvalue weighted by Gasteiger charge is -2.32. The van der Waals surface area contributed by atoms with Crippen molar-refractivity contribution in [2.75, 3.05) is 33.3 Å². The van der Waals surface area contributed by atoms with E-state index in [4.69, 9.17) is 4.74 Å². The first-order valence-electron chi connectivity index (χ1n) is 9.46. The Morgan fingerprint density at radius 1 is 0.920 bits per heavy atom. The molecule has 3 rings (SSSR count). The Bertz CT molecular complexity index is 604. The first-order chi connectivity index (χ1) is 12.3. The van der Waals surface area contributed by atoms with Crippen LogP contribution in [0.2, 0.25) is 0 Å². The number of hydrogen-bond acceptors (Lipinski definition) is 3. The predicted octanol–water partition coefficient (Wildman–Crippen LogP) is 3.53. The van der Waals surface area contributed by atoms with E-state index < -0.39 is 0 Å². The molecule has 1 fully saturated rings. The van der Waals surface area contributed by atoms with Gasteiger partial charge in [-0.2, -0.15) is 0 Å². The molecule has 134 valence electrons. The van der Waals surface area contributed by atoms with Crippen molar-refractivity contribution in [1.29, 1.82) is 0 Å². The summed E-state index contributed by atoms with van der Waals surface area (Å²) in [5, 5.41) is 3.74. The van der Waals surface area contributed by atoms with Crippen molar-refractivity contribution in [2.45, 2.75) is 31.7 Å². The van der Waals surface area contributed by atoms with Crippen molar-refractivity contribution in [1.82, 2.24) is 10.2 Å². The highest BCUT2D eigenvalue weighted by atomic mass is 16.5. The SMILES string of the molecule is COc1ccc(CCNC2CCN(CCc3ccccc3)CC2)cc1. The molecule has 0 radical (unpaired) electrons. The molecule has 0 amide bonds. The van der Waals surface area contributed by atoms with Crippen LogP contribution in [0, 0.1) is 0 Å². The van der Waals surface area contributed by atoms with Gasteiger partial charge in [0, 0.05) is 12.6 Å². The standard InChI is InChI=1S/C22H30N2O/c1-25-22-9-7-20(8-10-22)11-15-23-21-13-17-24(18-14-21)16-12-19-5-3-2-4-6-19/h2-10,21,23H,11-18H2,1H3. The Labute approximate surface area is 152 Å². The van der Waals surface area contributed by atoms with Gasteiger partial charge in [0.25, 0.3) is 0 Å². The van der Waals surface area contributed by atoms with Crippen LogP contribution < -0.4 is 10.1 Å². The number of nitrogens with one attached hydrogen (secondary N) is 1. The predicted molar refractivity (Wildman–Crippen MR) is 104 cm³/mol. The third-order valence-corrected chi connectivity index (χ3v) is 5.15. The van der Waals surface area contributed by atoms with Gasteiger partial charge in [-0.05, 0) is 68.6 Å². The second-order valence-corrected chi connectivity index (χ2v) is 6.90. The van der Waals surface area contributed by atoms with E-state index in [0.717, 1.165) is 25.1 Å². The van der Waals surface area contributed by atoms with E-state index in [1.54, 1.807) is 7.11 Å². The van der Waals surface area contributed by atoms with Gasteiger partial charge in [-0.3, -0.25) is 0 Å². The summed E-state index contributed by atoms with van der Waals surface area (Å²) < 4.78 is 5.21. The zero-order valence-electron chi connectivity index (χ0n) is 15.3. The monoisotopic (exact) mass is 338 g/mol. The molecule has 2 aromatic carbocycles. The lowest BCUT2D eigenvalue weighted by molar-refractivity contribution is 0.200. The molecule has 0 saturated carbocycles. The van der Waals surface area contributed by atoms with E-state index >= 15 is 0 Å². The molecular weight excluding hydrogens is 308 g/mol. The molecular formula is C22H30N2O. The molecule has 3 nitrogen and oxygen atoms in total. The number of methoxy groups -OCH3 is 1. The Morgan fingerprint density at radius 2 is 1.60 bits per heavy atom. The molecule has 3 heteroatoms. The summed E-state index contributed by atoms with van der Waals surface area (Å²) in [5.74, 6) is 0.930. The number of benzene rings is 2. The first-order valence-corrected chi connectivity index (χ1v) is 9.46. The summed E-state index contributed by atoms with van der Waals surface area (Å²) in [6, 6.07) is 19.9. The van der Waals surface area contributed by atoms with Crippen LogP contribution in [0.1, 0.15) is 24.0 Å². The van der Waals surface area contributed by atoms with Crippen LogP contribution in [0.4, 0.5) is 0 Å². The highest BCUT2D eigenvalue weighted by Crippen LogP contribution is 2.13. The molecule has 1 aliphatic rings. The van der Waals surface area contributed by atoms with Crippen LogP contribution in [-0.2, 0) is 12.8 Å². The zero-order chi connectivity index (χ0) is 17.3. The molecule has 0 atom stereocenters. The van der Waals surface area contributed by atoms with Crippen molar-refractivity contribution >= 4 is 0 Å². The topological polar surface area (TPSA) is 24.5 Å². The minimum atomic E-state index is 0.672. The molecule has 1 N–H and O–H groups in total. The average Bonchev–Trinajstić information content (AvgIpc) is 2.69. The van der Waals surface area contributed by atoms with Crippen molar-refractivity contribution in [2.24, 2.45) is 0 Å². The third kappa shape index (κ3) is 5.87. The molecule has 0 aromatic heterocycles. The largest absolute Gasteiger partial charge is 0.497 e. The second kappa shape index (κ2) is 9.59. The van der Waals surface area contributed by atoms with E-state index in [-0.39, 0.29) is 0 Å². The Kier molecular flexibility index (Phi) is 6.89. The van der Waals surface area contributed by atoms with E-state index in [1.807, 2.05) is 12.1 Å². The van der Waals surface area contributed by atoms with Crippen molar-refractivity contribution in [3.05, 3.63) is 65.7 Å². The van der Waals surface area contributed by atoms with Crippen molar-refractivity contribution in [3.8, 4) is 5.75 Å². The van der Waals surface area contributed by atoms with Gasteiger partial charge in [0.2, 0.25) is 0 Å². The van der Waals surface area contributed by atoms with E-state index in [2.05, 4.69) is 52.7 Å². The van der Waals surface area contributed by atoms with Crippen molar-refractivity contribution < 1.29 is 4.74 Å². The maximum atomic E-state index is 5.21. The molecule has 0 unspecified atom stereocenters. The molecule has 25 heavy (non-hydrogen) atoms. The van der Waals surface area contributed by atoms with Gasteiger partial charge < -0.3 is 15.0 Å². The van der Waals surface area contributed by atoms with Gasteiger partial charge in [-0.25, -0.2) is 0 Å². The first kappa shape index (κ1) is 18.0. The van der Waals surface area contributed by atoms with Crippen molar-refractivity contribution in [3.63, 3.8) is 0 Å². The quantitative estimate of drug-likeness (QED) is 0.797. The van der Waals surface area contributed by atoms with E-state index in [1.165, 1.54) is 43.6 Å². The van der Waals surface area contributed by atoms with Crippen LogP contribution in [0.5, 0.6) is 5.75 Å². The maximum absolute atomic E-state index is 5.21. The molecule has 1 aliphatic heterocycles. The Morgan fingerprint density at radius 3 is 2.28 bits per heavy atom. The summed E-state index contributed by atoms with van der Waals surface area (Å²) in [6.07, 6.45) is 4.77. The lowest BCUT2D eigenvalue weighted by atomic mass is 10.0. The number of rotatable bonds is 8. The summed E-state index contributed by atoms with van der Waals surface area (Å²) >= 11 is 0. The van der Waals surface area contributed by atoms with E-state index in [9.17, 15) is 0 Å². The minimum Gasteiger partial charge on any atom is -0.497 e. The number of hydrogen-bond donors (Lipinski definition) is 1. The fourth-order valence-corrected chi connectivity index (χ4v) is 3.51. The van der Waals surface area contributed by atoms with Crippen LogP contribution in [-0.4, -0.2) is 44.2 Å². The van der Waals surface area contributed by atoms with Gasteiger partial charge >= 0.3 is 0 Å². The zero-order valence-corrected chi connectivity index (χ0v) is 15.3. The molecule has 2 aromatic rings. The molecule has 0 bridgehead atoms. The van der Waals surface area contributed by atoms with Gasteiger partial charge in [-0.1, -0.05) is 42.5 Å². The normalized spacial score (nSPS) is 16.0. The van der Waals surface area contributed by atoms with Gasteiger partial charge in [-0.15, -0.1) is 0 Å². The minimum absolute atomic E-state index is 0.672. The number of likely N-dealkylation sites (tertiary alicyclic amines) is 1. The van der Waals surface area contributed by atoms with Gasteiger partial charge in [0.05, 0.1) is 7.11 Å². The summed E-state index contributed by atoms with van der Waals surface area (Å²) in [5.41, 5.74) is 2.82. The molecule has 0 spiro atoms. The highest BCUT2D eigenvalue weighted by Gasteiger charge is 2.18. The van der Waals surface area contributed by atoms with Crippen LogP contribution in [0.15, 0.2) is 54.6 Å². The van der Waals surface area contributed by atoms with Gasteiger partial charge in [0.15, 0.2) is 0 Å².